The lowest BCUT2D eigenvalue weighted by molar-refractivity contribution is 0.0981. The molecule has 2 aromatic carbocycles. The Hall–Kier alpha value is -2.19. The Balaban J connectivity index is 1.76. The van der Waals surface area contributed by atoms with Crippen molar-refractivity contribution in [3.63, 3.8) is 0 Å². The van der Waals surface area contributed by atoms with E-state index in [1.165, 1.54) is 6.07 Å². The summed E-state index contributed by atoms with van der Waals surface area (Å²) in [5.74, 6) is 0.567. The van der Waals surface area contributed by atoms with Crippen LogP contribution in [0.4, 0.5) is 11.4 Å². The van der Waals surface area contributed by atoms with Crippen molar-refractivity contribution in [3.05, 3.63) is 52.0 Å². The van der Waals surface area contributed by atoms with Gasteiger partial charge in [0.2, 0.25) is 0 Å². The summed E-state index contributed by atoms with van der Waals surface area (Å²) in [5, 5.41) is 0. The predicted molar refractivity (Wildman–Crippen MR) is 123 cm³/mol. The lowest BCUT2D eigenvalue weighted by Crippen LogP contribution is -2.38. The largest absolute Gasteiger partial charge is 0.328 e. The molecule has 0 aromatic heterocycles. The van der Waals surface area contributed by atoms with E-state index >= 15 is 0 Å². The summed E-state index contributed by atoms with van der Waals surface area (Å²) in [7, 11) is -3.85. The molecule has 158 valence electrons. The number of amidine groups is 1. The molecule has 8 heteroatoms. The van der Waals surface area contributed by atoms with Crippen molar-refractivity contribution in [2.75, 3.05) is 16.3 Å². The molecular weight excluding hydrogens is 466 g/mol. The minimum absolute atomic E-state index is 0.00727. The smallest absolute Gasteiger partial charge is 0.286 e. The summed E-state index contributed by atoms with van der Waals surface area (Å²) in [4.78, 5) is 17.1. The first-order chi connectivity index (χ1) is 14.1. The minimum atomic E-state index is -3.85. The van der Waals surface area contributed by atoms with Gasteiger partial charge in [-0.05, 0) is 68.1 Å². The molecule has 0 aliphatic carbocycles. The Morgan fingerprint density at radius 2 is 1.90 bits per heavy atom. The predicted octanol–water partition coefficient (Wildman–Crippen LogP) is 4.62. The molecule has 1 atom stereocenters. The fourth-order valence-electron chi connectivity index (χ4n) is 4.17. The van der Waals surface area contributed by atoms with E-state index in [1.807, 2.05) is 30.0 Å². The Kier molecular flexibility index (Phi) is 5.26. The van der Waals surface area contributed by atoms with Gasteiger partial charge in [0.05, 0.1) is 5.69 Å². The summed E-state index contributed by atoms with van der Waals surface area (Å²) in [6.07, 6.45) is 0.759. The number of benzene rings is 2. The summed E-state index contributed by atoms with van der Waals surface area (Å²) >= 11 is 3.48. The lowest BCUT2D eigenvalue weighted by atomic mass is 10.1. The van der Waals surface area contributed by atoms with Crippen LogP contribution in [0.3, 0.4) is 0 Å². The van der Waals surface area contributed by atoms with Crippen molar-refractivity contribution in [2.24, 2.45) is 10.3 Å². The molecule has 4 rings (SSSR count). The average molecular weight is 490 g/mol. The number of rotatable bonds is 3. The Morgan fingerprint density at radius 1 is 1.20 bits per heavy atom. The van der Waals surface area contributed by atoms with E-state index in [-0.39, 0.29) is 16.8 Å². The fraction of sp³-hybridized carbons (Fsp3) is 0.364. The molecule has 0 bridgehead atoms. The van der Waals surface area contributed by atoms with Gasteiger partial charge < -0.3 is 9.80 Å². The molecule has 0 saturated carbocycles. The van der Waals surface area contributed by atoms with Gasteiger partial charge >= 0.3 is 0 Å². The quantitative estimate of drug-likeness (QED) is 0.630. The number of amides is 1. The number of anilines is 2. The molecule has 0 spiro atoms. The van der Waals surface area contributed by atoms with Crippen LogP contribution in [0.25, 0.3) is 0 Å². The monoisotopic (exact) mass is 489 g/mol. The number of hydrogen-bond donors (Lipinski definition) is 0. The zero-order valence-electron chi connectivity index (χ0n) is 17.4. The maximum absolute atomic E-state index is 13.4. The maximum Gasteiger partial charge on any atom is 0.286 e. The van der Waals surface area contributed by atoms with Crippen LogP contribution in [0.1, 0.15) is 43.6 Å². The van der Waals surface area contributed by atoms with Gasteiger partial charge in [-0.1, -0.05) is 29.8 Å². The molecule has 0 N–H and O–H groups in total. The van der Waals surface area contributed by atoms with Crippen LogP contribution in [0.5, 0.6) is 0 Å². The topological polar surface area (TPSA) is 70.0 Å². The molecule has 2 aromatic rings. The Labute approximate surface area is 185 Å². The maximum atomic E-state index is 13.4. The number of carbonyl (C=O) groups is 1. The molecule has 30 heavy (non-hydrogen) atoms. The van der Waals surface area contributed by atoms with Gasteiger partial charge in [-0.3, -0.25) is 4.79 Å². The summed E-state index contributed by atoms with van der Waals surface area (Å²) < 4.78 is 30.4. The van der Waals surface area contributed by atoms with Gasteiger partial charge in [0, 0.05) is 28.3 Å². The van der Waals surface area contributed by atoms with Crippen LogP contribution < -0.4 is 9.80 Å². The number of halogens is 1. The molecule has 2 aliphatic rings. The first-order valence-electron chi connectivity index (χ1n) is 9.93. The van der Waals surface area contributed by atoms with E-state index in [2.05, 4.69) is 34.2 Å². The molecule has 0 saturated heterocycles. The second-order valence-electron chi connectivity index (χ2n) is 8.30. The number of fused-ring (bicyclic) bond motifs is 2. The minimum Gasteiger partial charge on any atom is -0.328 e. The van der Waals surface area contributed by atoms with Crippen molar-refractivity contribution < 1.29 is 13.2 Å². The van der Waals surface area contributed by atoms with E-state index < -0.39 is 10.0 Å². The first kappa shape index (κ1) is 21.1. The Bertz CT molecular complexity index is 1170. The van der Waals surface area contributed by atoms with Gasteiger partial charge in [-0.15, -0.1) is 4.40 Å². The average Bonchev–Trinajstić information content (AvgIpc) is 2.98. The Morgan fingerprint density at radius 3 is 2.60 bits per heavy atom. The van der Waals surface area contributed by atoms with Crippen LogP contribution in [0, 0.1) is 5.92 Å². The summed E-state index contributed by atoms with van der Waals surface area (Å²) in [6.45, 7) is 8.48. The number of carbonyl (C=O) groups excluding carboxylic acids is 1. The van der Waals surface area contributed by atoms with Gasteiger partial charge in [0.15, 0.2) is 0 Å². The third-order valence-electron chi connectivity index (χ3n) is 5.44. The second kappa shape index (κ2) is 7.50. The molecule has 0 fully saturated rings. The van der Waals surface area contributed by atoms with Gasteiger partial charge in [-0.25, -0.2) is 0 Å². The van der Waals surface area contributed by atoms with Crippen LogP contribution in [-0.4, -0.2) is 32.7 Å². The molecule has 6 nitrogen and oxygen atoms in total. The molecule has 2 aliphatic heterocycles. The van der Waals surface area contributed by atoms with E-state index in [0.29, 0.717) is 29.5 Å². The summed E-state index contributed by atoms with van der Waals surface area (Å²) in [6, 6.07) is 10.8. The van der Waals surface area contributed by atoms with Crippen LogP contribution in [0.2, 0.25) is 0 Å². The van der Waals surface area contributed by atoms with Crippen molar-refractivity contribution in [2.45, 2.75) is 45.1 Å². The van der Waals surface area contributed by atoms with Gasteiger partial charge in [-0.2, -0.15) is 8.42 Å². The zero-order chi connectivity index (χ0) is 21.8. The molecule has 0 radical (unpaired) electrons. The molecule has 1 unspecified atom stereocenters. The van der Waals surface area contributed by atoms with Crippen LogP contribution in [-0.2, 0) is 16.4 Å². The highest BCUT2D eigenvalue weighted by Crippen LogP contribution is 2.37. The standard InChI is InChI=1S/C22H24BrN3O3S/c1-13(2)12-25-15(4)24-30(28,29)21-11-16(5-7-20(21)25)22(27)26-14(3)9-17-10-18(23)6-8-19(17)26/h5-8,10-11,13-14H,9,12H2,1-4H3. The van der Waals surface area contributed by atoms with E-state index in [0.717, 1.165) is 22.1 Å². The third-order valence-corrected chi connectivity index (χ3v) is 7.32. The highest BCUT2D eigenvalue weighted by Gasteiger charge is 2.34. The van der Waals surface area contributed by atoms with E-state index in [9.17, 15) is 13.2 Å². The first-order valence-corrected chi connectivity index (χ1v) is 12.2. The molecule has 2 heterocycles. The van der Waals surface area contributed by atoms with Crippen LogP contribution in [0.15, 0.2) is 50.2 Å². The molecule has 1 amide bonds. The van der Waals surface area contributed by atoms with Crippen molar-refractivity contribution in [1.82, 2.24) is 0 Å². The number of hydrogen-bond acceptors (Lipinski definition) is 4. The normalized spacial score (nSPS) is 19.5. The zero-order valence-corrected chi connectivity index (χ0v) is 19.8. The van der Waals surface area contributed by atoms with E-state index in [4.69, 9.17) is 0 Å². The van der Waals surface area contributed by atoms with Crippen molar-refractivity contribution >= 4 is 49.1 Å². The number of nitrogens with zero attached hydrogens (tertiary/aromatic N) is 3. The van der Waals surface area contributed by atoms with Crippen molar-refractivity contribution in [3.8, 4) is 0 Å². The van der Waals surface area contributed by atoms with Gasteiger partial charge in [0.1, 0.15) is 10.7 Å². The van der Waals surface area contributed by atoms with Gasteiger partial charge in [0.25, 0.3) is 15.9 Å². The molecular formula is C22H24BrN3O3S. The highest BCUT2D eigenvalue weighted by molar-refractivity contribution is 9.10. The highest BCUT2D eigenvalue weighted by atomic mass is 79.9. The number of sulfonamides is 1. The fourth-order valence-corrected chi connectivity index (χ4v) is 5.84. The summed E-state index contributed by atoms with van der Waals surface area (Å²) in [5.41, 5.74) is 2.89. The van der Waals surface area contributed by atoms with E-state index in [1.54, 1.807) is 24.0 Å². The van der Waals surface area contributed by atoms with Crippen LogP contribution >= 0.6 is 15.9 Å². The lowest BCUT2D eigenvalue weighted by Gasteiger charge is -2.31. The third kappa shape index (κ3) is 3.56. The van der Waals surface area contributed by atoms with Crippen molar-refractivity contribution in [1.29, 1.82) is 0 Å². The SMILES string of the molecule is CC1=NS(=O)(=O)c2cc(C(=O)N3c4ccc(Br)cc4CC3C)ccc2N1CC(C)C. The second-order valence-corrected chi connectivity index (χ2v) is 10.8.